The van der Waals surface area contributed by atoms with Gasteiger partial charge in [0.25, 0.3) is 5.69 Å². The van der Waals surface area contributed by atoms with Crippen LogP contribution in [0.25, 0.3) is 5.57 Å². The highest BCUT2D eigenvalue weighted by Gasteiger charge is 2.13. The Morgan fingerprint density at radius 1 is 1.13 bits per heavy atom. The van der Waals surface area contributed by atoms with E-state index in [-0.39, 0.29) is 5.69 Å². The quantitative estimate of drug-likeness (QED) is 0.479. The molecule has 0 saturated carbocycles. The van der Waals surface area contributed by atoms with Gasteiger partial charge in [-0.15, -0.1) is 0 Å². The predicted octanol–water partition coefficient (Wildman–Crippen LogP) is 3.57. The van der Waals surface area contributed by atoms with Crippen LogP contribution in [-0.2, 0) is 0 Å². The Labute approximate surface area is 133 Å². The van der Waals surface area contributed by atoms with Crippen LogP contribution in [-0.4, -0.2) is 19.1 Å². The van der Waals surface area contributed by atoms with Gasteiger partial charge in [0.05, 0.1) is 25.2 Å². The van der Waals surface area contributed by atoms with Gasteiger partial charge in [0, 0.05) is 18.2 Å². The van der Waals surface area contributed by atoms with Gasteiger partial charge in [-0.05, 0) is 28.8 Å². The predicted molar refractivity (Wildman–Crippen MR) is 85.3 cm³/mol. The standard InChI is InChI=1S/C17H14N2O4/c1-22-16-7-6-13(11-17(16)23-2)15(8-9-18)12-4-3-5-14(10-12)19(20)21/h3-8,10-11H,1-2H3/b15-8+. The van der Waals surface area contributed by atoms with E-state index in [4.69, 9.17) is 14.7 Å². The molecule has 0 atom stereocenters. The van der Waals surface area contributed by atoms with E-state index < -0.39 is 4.92 Å². The summed E-state index contributed by atoms with van der Waals surface area (Å²) in [6.07, 6.45) is 1.35. The zero-order valence-electron chi connectivity index (χ0n) is 12.6. The topological polar surface area (TPSA) is 85.4 Å². The van der Waals surface area contributed by atoms with Crippen LogP contribution in [0.4, 0.5) is 5.69 Å². The normalized spacial score (nSPS) is 10.7. The van der Waals surface area contributed by atoms with E-state index in [9.17, 15) is 10.1 Å². The van der Waals surface area contributed by atoms with Crippen LogP contribution in [0, 0.1) is 21.4 Å². The van der Waals surface area contributed by atoms with E-state index in [2.05, 4.69) is 0 Å². The lowest BCUT2D eigenvalue weighted by Crippen LogP contribution is -1.95. The van der Waals surface area contributed by atoms with Gasteiger partial charge < -0.3 is 9.47 Å². The molecule has 0 aliphatic carbocycles. The number of nitrogens with zero attached hydrogens (tertiary/aromatic N) is 2. The summed E-state index contributed by atoms with van der Waals surface area (Å²) in [7, 11) is 3.05. The minimum absolute atomic E-state index is 0.0354. The number of allylic oxidation sites excluding steroid dienone is 1. The van der Waals surface area contributed by atoms with E-state index in [1.165, 1.54) is 32.4 Å². The Hall–Kier alpha value is -3.33. The SMILES string of the molecule is COc1ccc(/C(=C/C#N)c2cccc([N+](=O)[O-])c2)cc1OC. The molecule has 0 unspecified atom stereocenters. The average molecular weight is 310 g/mol. The lowest BCUT2D eigenvalue weighted by molar-refractivity contribution is -0.384. The maximum absolute atomic E-state index is 10.9. The summed E-state index contributed by atoms with van der Waals surface area (Å²) in [4.78, 5) is 10.5. The van der Waals surface area contributed by atoms with Crippen molar-refractivity contribution < 1.29 is 14.4 Å². The van der Waals surface area contributed by atoms with Gasteiger partial charge in [0.1, 0.15) is 0 Å². The first-order chi connectivity index (χ1) is 11.1. The van der Waals surface area contributed by atoms with Crippen LogP contribution < -0.4 is 9.47 Å². The summed E-state index contributed by atoms with van der Waals surface area (Å²) in [5.41, 5.74) is 1.81. The fraction of sp³-hybridized carbons (Fsp3) is 0.118. The molecule has 0 N–H and O–H groups in total. The zero-order chi connectivity index (χ0) is 16.8. The molecule has 6 nitrogen and oxygen atoms in total. The first kappa shape index (κ1) is 16.0. The Morgan fingerprint density at radius 3 is 2.43 bits per heavy atom. The lowest BCUT2D eigenvalue weighted by Gasteiger charge is -2.12. The monoisotopic (exact) mass is 310 g/mol. The molecule has 0 aliphatic rings. The highest BCUT2D eigenvalue weighted by molar-refractivity contribution is 5.83. The number of rotatable bonds is 5. The molecule has 0 spiro atoms. The van der Waals surface area contributed by atoms with Gasteiger partial charge in [0.15, 0.2) is 11.5 Å². The number of non-ortho nitro benzene ring substituents is 1. The Balaban J connectivity index is 2.56. The molecule has 2 aromatic rings. The summed E-state index contributed by atoms with van der Waals surface area (Å²) >= 11 is 0. The summed E-state index contributed by atoms with van der Waals surface area (Å²) < 4.78 is 10.4. The second kappa shape index (κ2) is 7.09. The number of ether oxygens (including phenoxy) is 2. The van der Waals surface area contributed by atoms with Crippen molar-refractivity contribution in [2.24, 2.45) is 0 Å². The third-order valence-corrected chi connectivity index (χ3v) is 3.27. The highest BCUT2D eigenvalue weighted by atomic mass is 16.6. The molecule has 0 aliphatic heterocycles. The van der Waals surface area contributed by atoms with E-state index in [1.807, 2.05) is 6.07 Å². The van der Waals surface area contributed by atoms with E-state index in [0.717, 1.165) is 0 Å². The largest absolute Gasteiger partial charge is 0.493 e. The molecular formula is C17H14N2O4. The Kier molecular flexibility index (Phi) is 4.95. The molecule has 2 rings (SSSR count). The number of nitriles is 1. The van der Waals surface area contributed by atoms with Crippen molar-refractivity contribution in [1.29, 1.82) is 5.26 Å². The summed E-state index contributed by atoms with van der Waals surface area (Å²) in [5.74, 6) is 1.07. The molecule has 0 radical (unpaired) electrons. The minimum Gasteiger partial charge on any atom is -0.493 e. The summed E-state index contributed by atoms with van der Waals surface area (Å²) in [6, 6.07) is 13.3. The maximum atomic E-state index is 10.9. The first-order valence-electron chi connectivity index (χ1n) is 6.67. The van der Waals surface area contributed by atoms with E-state index in [1.54, 1.807) is 30.3 Å². The van der Waals surface area contributed by atoms with Crippen LogP contribution in [0.2, 0.25) is 0 Å². The molecule has 0 amide bonds. The Bertz CT molecular complexity index is 806. The number of hydrogen-bond donors (Lipinski definition) is 0. The fourth-order valence-electron chi connectivity index (χ4n) is 2.19. The van der Waals surface area contributed by atoms with Crippen molar-refractivity contribution in [2.75, 3.05) is 14.2 Å². The zero-order valence-corrected chi connectivity index (χ0v) is 12.6. The fourth-order valence-corrected chi connectivity index (χ4v) is 2.19. The van der Waals surface area contributed by atoms with Crippen molar-refractivity contribution in [1.82, 2.24) is 0 Å². The van der Waals surface area contributed by atoms with Crippen LogP contribution >= 0.6 is 0 Å². The van der Waals surface area contributed by atoms with Crippen molar-refractivity contribution in [3.8, 4) is 17.6 Å². The van der Waals surface area contributed by atoms with E-state index >= 15 is 0 Å². The molecule has 0 heterocycles. The summed E-state index contributed by atoms with van der Waals surface area (Å²) in [6.45, 7) is 0. The molecule has 0 aromatic heterocycles. The molecule has 0 fully saturated rings. The summed E-state index contributed by atoms with van der Waals surface area (Å²) in [5, 5.41) is 20.0. The Morgan fingerprint density at radius 2 is 1.83 bits per heavy atom. The molecule has 23 heavy (non-hydrogen) atoms. The van der Waals surface area contributed by atoms with Crippen LogP contribution in [0.3, 0.4) is 0 Å². The van der Waals surface area contributed by atoms with Crippen molar-refractivity contribution in [3.63, 3.8) is 0 Å². The third-order valence-electron chi connectivity index (χ3n) is 3.27. The maximum Gasteiger partial charge on any atom is 0.270 e. The second-order valence-electron chi connectivity index (χ2n) is 4.56. The number of hydrogen-bond acceptors (Lipinski definition) is 5. The highest BCUT2D eigenvalue weighted by Crippen LogP contribution is 2.33. The van der Waals surface area contributed by atoms with Gasteiger partial charge >= 0.3 is 0 Å². The minimum atomic E-state index is -0.470. The van der Waals surface area contributed by atoms with Gasteiger partial charge in [-0.3, -0.25) is 10.1 Å². The number of nitro groups is 1. The number of nitro benzene ring substituents is 1. The average Bonchev–Trinajstić information content (AvgIpc) is 2.59. The number of methoxy groups -OCH3 is 2. The van der Waals surface area contributed by atoms with Crippen molar-refractivity contribution in [2.45, 2.75) is 0 Å². The van der Waals surface area contributed by atoms with Crippen LogP contribution in [0.1, 0.15) is 11.1 Å². The smallest absolute Gasteiger partial charge is 0.270 e. The lowest BCUT2D eigenvalue weighted by atomic mass is 9.97. The van der Waals surface area contributed by atoms with Crippen LogP contribution in [0.15, 0.2) is 48.5 Å². The molecule has 0 bridgehead atoms. The molecule has 116 valence electrons. The van der Waals surface area contributed by atoms with Gasteiger partial charge in [-0.1, -0.05) is 18.2 Å². The first-order valence-corrected chi connectivity index (χ1v) is 6.67. The molecular weight excluding hydrogens is 296 g/mol. The van der Waals surface area contributed by atoms with Crippen molar-refractivity contribution in [3.05, 3.63) is 69.8 Å². The van der Waals surface area contributed by atoms with E-state index in [0.29, 0.717) is 28.2 Å². The van der Waals surface area contributed by atoms with Crippen molar-refractivity contribution >= 4 is 11.3 Å². The third kappa shape index (κ3) is 3.47. The van der Waals surface area contributed by atoms with Crippen LogP contribution in [0.5, 0.6) is 11.5 Å². The van der Waals surface area contributed by atoms with Gasteiger partial charge in [-0.25, -0.2) is 0 Å². The molecule has 6 heteroatoms. The molecule has 0 saturated heterocycles. The number of benzene rings is 2. The second-order valence-corrected chi connectivity index (χ2v) is 4.56. The van der Waals surface area contributed by atoms with Gasteiger partial charge in [0.2, 0.25) is 0 Å². The molecule has 2 aromatic carbocycles. The van der Waals surface area contributed by atoms with Gasteiger partial charge in [-0.2, -0.15) is 5.26 Å².